The molecule has 0 fully saturated rings. The van der Waals surface area contributed by atoms with E-state index in [1.165, 1.54) is 0 Å². The quantitative estimate of drug-likeness (QED) is 0.943. The highest BCUT2D eigenvalue weighted by Gasteiger charge is 2.26. The third-order valence-electron chi connectivity index (χ3n) is 3.79. The number of benzene rings is 2. The summed E-state index contributed by atoms with van der Waals surface area (Å²) >= 11 is 0. The third-order valence-corrected chi connectivity index (χ3v) is 3.79. The molecular formula is C18H16N2O3. The lowest BCUT2D eigenvalue weighted by Gasteiger charge is -2.28. The Bertz CT molecular complexity index is 756. The number of anilines is 1. The second-order valence-electron chi connectivity index (χ2n) is 5.28. The van der Waals surface area contributed by atoms with Gasteiger partial charge in [-0.05, 0) is 24.3 Å². The Labute approximate surface area is 133 Å². The van der Waals surface area contributed by atoms with Crippen LogP contribution in [0.25, 0.3) is 0 Å². The summed E-state index contributed by atoms with van der Waals surface area (Å²) in [5.41, 5.74) is 1.68. The maximum absolute atomic E-state index is 12.4. The molecule has 3 rings (SSSR count). The zero-order valence-corrected chi connectivity index (χ0v) is 12.5. The molecule has 5 heteroatoms. The van der Waals surface area contributed by atoms with Gasteiger partial charge >= 0.3 is 0 Å². The number of carbonyl (C=O) groups is 3. The molecule has 0 bridgehead atoms. The number of hydrogen-bond acceptors (Lipinski definition) is 3. The van der Waals surface area contributed by atoms with Gasteiger partial charge in [0.15, 0.2) is 5.78 Å². The Morgan fingerprint density at radius 3 is 2.48 bits per heavy atom. The largest absolute Gasteiger partial charge is 0.343 e. The summed E-state index contributed by atoms with van der Waals surface area (Å²) in [5.74, 6) is -0.479. The van der Waals surface area contributed by atoms with Crippen LogP contribution in [0.2, 0.25) is 0 Å². The number of nitrogens with one attached hydrogen (secondary N) is 1. The molecule has 1 aliphatic heterocycles. The number of nitrogens with zero attached hydrogens (tertiary/aromatic N) is 1. The molecule has 0 saturated heterocycles. The van der Waals surface area contributed by atoms with Gasteiger partial charge in [0.25, 0.3) is 5.91 Å². The topological polar surface area (TPSA) is 66.5 Å². The van der Waals surface area contributed by atoms with Crippen molar-refractivity contribution in [3.05, 3.63) is 65.7 Å². The van der Waals surface area contributed by atoms with Crippen molar-refractivity contribution in [3.63, 3.8) is 0 Å². The first-order valence-corrected chi connectivity index (χ1v) is 7.42. The van der Waals surface area contributed by atoms with Crippen molar-refractivity contribution in [1.29, 1.82) is 0 Å². The van der Waals surface area contributed by atoms with Gasteiger partial charge in [0.1, 0.15) is 0 Å². The first-order valence-electron chi connectivity index (χ1n) is 7.42. The summed E-state index contributed by atoms with van der Waals surface area (Å²) in [5, 5.41) is 2.62. The van der Waals surface area contributed by atoms with Crippen LogP contribution in [0.3, 0.4) is 0 Å². The standard InChI is InChI=1S/C18H16N2O3/c21-16-10-11-20(15-9-5-4-8-14(15)16)17(22)12-19-18(23)13-6-2-1-3-7-13/h1-9H,10-12H2,(H,19,23). The number of hydrogen-bond donors (Lipinski definition) is 1. The first-order chi connectivity index (χ1) is 11.2. The van der Waals surface area contributed by atoms with E-state index in [1.807, 2.05) is 6.07 Å². The minimum Gasteiger partial charge on any atom is -0.343 e. The maximum Gasteiger partial charge on any atom is 0.251 e. The van der Waals surface area contributed by atoms with Gasteiger partial charge < -0.3 is 10.2 Å². The molecule has 0 atom stereocenters. The van der Waals surface area contributed by atoms with Crippen molar-refractivity contribution in [1.82, 2.24) is 5.32 Å². The second kappa shape index (κ2) is 6.44. The predicted molar refractivity (Wildman–Crippen MR) is 86.5 cm³/mol. The van der Waals surface area contributed by atoms with Gasteiger partial charge in [-0.25, -0.2) is 0 Å². The van der Waals surface area contributed by atoms with Crippen LogP contribution < -0.4 is 10.2 Å². The van der Waals surface area contributed by atoms with Gasteiger partial charge in [0.05, 0.1) is 12.2 Å². The number of carbonyl (C=O) groups excluding carboxylic acids is 3. The Hall–Kier alpha value is -2.95. The molecule has 1 aliphatic rings. The number of fused-ring (bicyclic) bond motifs is 1. The zero-order chi connectivity index (χ0) is 16.2. The highest BCUT2D eigenvalue weighted by Crippen LogP contribution is 2.26. The summed E-state index contributed by atoms with van der Waals surface area (Å²) < 4.78 is 0. The highest BCUT2D eigenvalue weighted by molar-refractivity contribution is 6.09. The smallest absolute Gasteiger partial charge is 0.251 e. The van der Waals surface area contributed by atoms with E-state index in [1.54, 1.807) is 53.4 Å². The van der Waals surface area contributed by atoms with Crippen molar-refractivity contribution in [2.75, 3.05) is 18.0 Å². The van der Waals surface area contributed by atoms with E-state index in [9.17, 15) is 14.4 Å². The number of ketones is 1. The summed E-state index contributed by atoms with van der Waals surface area (Å²) in [6.45, 7) is 0.242. The lowest BCUT2D eigenvalue weighted by atomic mass is 10.0. The van der Waals surface area contributed by atoms with Crippen molar-refractivity contribution in [2.45, 2.75) is 6.42 Å². The molecule has 0 radical (unpaired) electrons. The third kappa shape index (κ3) is 3.13. The molecule has 5 nitrogen and oxygen atoms in total. The Balaban J connectivity index is 1.69. The van der Waals surface area contributed by atoms with E-state index < -0.39 is 0 Å². The molecule has 116 valence electrons. The molecule has 2 aromatic carbocycles. The Kier molecular flexibility index (Phi) is 4.19. The monoisotopic (exact) mass is 308 g/mol. The van der Waals surface area contributed by atoms with Crippen molar-refractivity contribution in [2.24, 2.45) is 0 Å². The van der Waals surface area contributed by atoms with Crippen molar-refractivity contribution < 1.29 is 14.4 Å². The van der Waals surface area contributed by atoms with E-state index in [4.69, 9.17) is 0 Å². The molecule has 0 spiro atoms. The minimum atomic E-state index is -0.291. The lowest BCUT2D eigenvalue weighted by Crippen LogP contribution is -2.43. The number of amides is 2. The van der Waals surface area contributed by atoms with Gasteiger partial charge in [-0.2, -0.15) is 0 Å². The summed E-state index contributed by atoms with van der Waals surface area (Å²) in [6.07, 6.45) is 0.301. The fraction of sp³-hybridized carbons (Fsp3) is 0.167. The lowest BCUT2D eigenvalue weighted by molar-refractivity contribution is -0.117. The molecule has 0 aliphatic carbocycles. The summed E-state index contributed by atoms with van der Waals surface area (Å²) in [4.78, 5) is 37.9. The van der Waals surface area contributed by atoms with E-state index in [-0.39, 0.29) is 24.1 Å². The molecule has 1 N–H and O–H groups in total. The SMILES string of the molecule is O=C(NCC(=O)N1CCC(=O)c2ccccc21)c1ccccc1. The number of para-hydroxylation sites is 1. The maximum atomic E-state index is 12.4. The van der Waals surface area contributed by atoms with Gasteiger partial charge in [0, 0.05) is 24.1 Å². The van der Waals surface area contributed by atoms with Crippen molar-refractivity contribution >= 4 is 23.3 Å². The van der Waals surface area contributed by atoms with Crippen LogP contribution in [0, 0.1) is 0 Å². The van der Waals surface area contributed by atoms with Crippen LogP contribution >= 0.6 is 0 Å². The van der Waals surface area contributed by atoms with Crippen LogP contribution in [0.5, 0.6) is 0 Å². The van der Waals surface area contributed by atoms with E-state index in [2.05, 4.69) is 5.32 Å². The van der Waals surface area contributed by atoms with Crippen LogP contribution in [0.4, 0.5) is 5.69 Å². The fourth-order valence-corrected chi connectivity index (χ4v) is 2.62. The van der Waals surface area contributed by atoms with Crippen LogP contribution in [-0.2, 0) is 4.79 Å². The van der Waals surface area contributed by atoms with Gasteiger partial charge in [-0.1, -0.05) is 30.3 Å². The molecule has 23 heavy (non-hydrogen) atoms. The Morgan fingerprint density at radius 1 is 1.00 bits per heavy atom. The zero-order valence-electron chi connectivity index (χ0n) is 12.5. The fourth-order valence-electron chi connectivity index (χ4n) is 2.62. The average Bonchev–Trinajstić information content (AvgIpc) is 2.60. The molecule has 0 aromatic heterocycles. The minimum absolute atomic E-state index is 0.0398. The number of Topliss-reactive ketones (excluding diaryl/α,β-unsaturated/α-hetero) is 1. The molecule has 2 amide bonds. The average molecular weight is 308 g/mol. The number of rotatable bonds is 3. The first kappa shape index (κ1) is 15.0. The molecule has 0 saturated carbocycles. The molecule has 0 unspecified atom stereocenters. The highest BCUT2D eigenvalue weighted by atomic mass is 16.2. The van der Waals surface area contributed by atoms with Crippen LogP contribution in [0.15, 0.2) is 54.6 Å². The van der Waals surface area contributed by atoms with Crippen molar-refractivity contribution in [3.8, 4) is 0 Å². The van der Waals surface area contributed by atoms with Crippen LogP contribution in [0.1, 0.15) is 27.1 Å². The molecule has 1 heterocycles. The summed E-state index contributed by atoms with van der Waals surface area (Å²) in [6, 6.07) is 15.8. The van der Waals surface area contributed by atoms with Gasteiger partial charge in [-0.3, -0.25) is 14.4 Å². The predicted octanol–water partition coefficient (Wildman–Crippen LogP) is 2.04. The van der Waals surface area contributed by atoms with E-state index in [0.29, 0.717) is 29.8 Å². The summed E-state index contributed by atoms with van der Waals surface area (Å²) in [7, 11) is 0. The Morgan fingerprint density at radius 2 is 1.70 bits per heavy atom. The van der Waals surface area contributed by atoms with Gasteiger partial charge in [0.2, 0.25) is 5.91 Å². The normalized spacial score (nSPS) is 13.4. The van der Waals surface area contributed by atoms with Crippen LogP contribution in [-0.4, -0.2) is 30.7 Å². The second-order valence-corrected chi connectivity index (χ2v) is 5.28. The molecular weight excluding hydrogens is 292 g/mol. The van der Waals surface area contributed by atoms with Gasteiger partial charge in [-0.15, -0.1) is 0 Å². The van der Waals surface area contributed by atoms with E-state index >= 15 is 0 Å². The van der Waals surface area contributed by atoms with E-state index in [0.717, 1.165) is 0 Å². The molecule has 2 aromatic rings.